The largest absolute Gasteiger partial charge is 0.382 e. The normalized spacial score (nSPS) is 23.3. The highest BCUT2D eigenvalue weighted by Crippen LogP contribution is 2.41. The molecular weight excluding hydrogens is 348 g/mol. The highest BCUT2D eigenvalue weighted by Gasteiger charge is 2.33. The highest BCUT2D eigenvalue weighted by molar-refractivity contribution is 5.79. The van der Waals surface area contributed by atoms with E-state index >= 15 is 0 Å². The van der Waals surface area contributed by atoms with Crippen LogP contribution in [-0.2, 0) is 4.74 Å². The summed E-state index contributed by atoms with van der Waals surface area (Å²) in [5, 5.41) is 7.12. The standard InChI is InChI=1S/C23H46N4O/c1-5-24-22(25-16-21-10-9-14-27(18-21)17-20(3)4)26-19-23(11-7-8-12-23)13-15-28-6-2/h20-21H,5-19H2,1-4H3,(H2,24,25,26). The van der Waals surface area contributed by atoms with E-state index in [1.165, 1.54) is 58.2 Å². The molecule has 5 nitrogen and oxygen atoms in total. The van der Waals surface area contributed by atoms with E-state index in [0.29, 0.717) is 5.41 Å². The number of hydrogen-bond acceptors (Lipinski definition) is 3. The summed E-state index contributed by atoms with van der Waals surface area (Å²) in [4.78, 5) is 7.67. The Labute approximate surface area is 174 Å². The molecule has 0 aromatic heterocycles. The molecule has 1 heterocycles. The Balaban J connectivity index is 1.85. The monoisotopic (exact) mass is 394 g/mol. The minimum absolute atomic E-state index is 0.358. The third kappa shape index (κ3) is 8.28. The molecule has 5 heteroatoms. The van der Waals surface area contributed by atoms with Crippen LogP contribution in [0.1, 0.15) is 72.6 Å². The number of rotatable bonds is 11. The van der Waals surface area contributed by atoms with Crippen LogP contribution in [0.15, 0.2) is 4.99 Å². The van der Waals surface area contributed by atoms with Gasteiger partial charge in [0.05, 0.1) is 0 Å². The molecule has 164 valence electrons. The number of guanidine groups is 1. The molecule has 1 aliphatic carbocycles. The number of nitrogens with zero attached hydrogens (tertiary/aromatic N) is 2. The Morgan fingerprint density at radius 3 is 2.64 bits per heavy atom. The molecule has 0 amide bonds. The molecule has 0 aromatic carbocycles. The van der Waals surface area contributed by atoms with Crippen molar-refractivity contribution in [1.82, 2.24) is 15.5 Å². The zero-order valence-corrected chi connectivity index (χ0v) is 19.1. The Bertz CT molecular complexity index is 446. The lowest BCUT2D eigenvalue weighted by molar-refractivity contribution is 0.107. The van der Waals surface area contributed by atoms with Crippen LogP contribution >= 0.6 is 0 Å². The maximum absolute atomic E-state index is 5.65. The second-order valence-electron chi connectivity index (χ2n) is 9.39. The van der Waals surface area contributed by atoms with Crippen LogP contribution in [0.25, 0.3) is 0 Å². The zero-order chi connectivity index (χ0) is 20.2. The van der Waals surface area contributed by atoms with Gasteiger partial charge in [-0.3, -0.25) is 4.99 Å². The van der Waals surface area contributed by atoms with Gasteiger partial charge in [0.25, 0.3) is 0 Å². The van der Waals surface area contributed by atoms with Gasteiger partial charge < -0.3 is 20.3 Å². The first kappa shape index (κ1) is 23.5. The predicted octanol–water partition coefficient (Wildman–Crippen LogP) is 3.90. The van der Waals surface area contributed by atoms with Crippen molar-refractivity contribution in [3.05, 3.63) is 0 Å². The number of piperidine rings is 1. The average molecular weight is 395 g/mol. The molecule has 1 aliphatic heterocycles. The SMILES string of the molecule is CCNC(=NCC1(CCOCC)CCCC1)NCC1CCCN(CC(C)C)C1. The van der Waals surface area contributed by atoms with Gasteiger partial charge in [-0.2, -0.15) is 0 Å². The minimum atomic E-state index is 0.358. The van der Waals surface area contributed by atoms with E-state index in [4.69, 9.17) is 9.73 Å². The molecule has 1 saturated heterocycles. The quantitative estimate of drug-likeness (QED) is 0.317. The first-order valence-corrected chi connectivity index (χ1v) is 11.9. The fourth-order valence-corrected chi connectivity index (χ4v) is 4.87. The topological polar surface area (TPSA) is 48.9 Å². The maximum atomic E-state index is 5.65. The van der Waals surface area contributed by atoms with Gasteiger partial charge >= 0.3 is 0 Å². The second kappa shape index (κ2) is 12.7. The third-order valence-electron chi connectivity index (χ3n) is 6.35. The van der Waals surface area contributed by atoms with Crippen LogP contribution < -0.4 is 10.6 Å². The van der Waals surface area contributed by atoms with Crippen molar-refractivity contribution in [1.29, 1.82) is 0 Å². The number of ether oxygens (including phenoxy) is 1. The smallest absolute Gasteiger partial charge is 0.191 e. The zero-order valence-electron chi connectivity index (χ0n) is 19.1. The van der Waals surface area contributed by atoms with E-state index in [1.807, 2.05) is 0 Å². The van der Waals surface area contributed by atoms with E-state index in [9.17, 15) is 0 Å². The Morgan fingerprint density at radius 2 is 1.96 bits per heavy atom. The lowest BCUT2D eigenvalue weighted by Crippen LogP contribution is -2.45. The minimum Gasteiger partial charge on any atom is -0.382 e. The van der Waals surface area contributed by atoms with Gasteiger partial charge in [-0.25, -0.2) is 0 Å². The van der Waals surface area contributed by atoms with Gasteiger partial charge in [0.15, 0.2) is 5.96 Å². The lowest BCUT2D eigenvalue weighted by Gasteiger charge is -2.34. The summed E-state index contributed by atoms with van der Waals surface area (Å²) in [5.74, 6) is 2.49. The predicted molar refractivity (Wildman–Crippen MR) is 120 cm³/mol. The van der Waals surface area contributed by atoms with Gasteiger partial charge in [-0.1, -0.05) is 26.7 Å². The molecule has 1 unspecified atom stereocenters. The van der Waals surface area contributed by atoms with Crippen molar-refractivity contribution in [2.45, 2.75) is 72.6 Å². The van der Waals surface area contributed by atoms with Crippen molar-refractivity contribution >= 4 is 5.96 Å². The summed E-state index contributed by atoms with van der Waals surface area (Å²) in [5.41, 5.74) is 0.358. The van der Waals surface area contributed by atoms with Crippen molar-refractivity contribution < 1.29 is 4.74 Å². The molecule has 1 saturated carbocycles. The molecule has 0 aromatic rings. The first-order valence-electron chi connectivity index (χ1n) is 11.9. The number of nitrogens with one attached hydrogen (secondary N) is 2. The van der Waals surface area contributed by atoms with Crippen LogP contribution in [0.2, 0.25) is 0 Å². The van der Waals surface area contributed by atoms with Gasteiger partial charge in [-0.15, -0.1) is 0 Å². The van der Waals surface area contributed by atoms with Crippen molar-refractivity contribution in [2.75, 3.05) is 52.5 Å². The van der Waals surface area contributed by atoms with E-state index in [0.717, 1.165) is 57.1 Å². The third-order valence-corrected chi connectivity index (χ3v) is 6.35. The van der Waals surface area contributed by atoms with E-state index in [-0.39, 0.29) is 0 Å². The molecule has 28 heavy (non-hydrogen) atoms. The average Bonchev–Trinajstić information content (AvgIpc) is 3.13. The molecular formula is C23H46N4O. The fourth-order valence-electron chi connectivity index (χ4n) is 4.87. The molecule has 2 aliphatic rings. The fraction of sp³-hybridized carbons (Fsp3) is 0.957. The van der Waals surface area contributed by atoms with Crippen molar-refractivity contribution in [3.8, 4) is 0 Å². The Morgan fingerprint density at radius 1 is 1.18 bits per heavy atom. The second-order valence-corrected chi connectivity index (χ2v) is 9.39. The molecule has 0 radical (unpaired) electrons. The van der Waals surface area contributed by atoms with E-state index < -0.39 is 0 Å². The van der Waals surface area contributed by atoms with Gasteiger partial charge in [-0.05, 0) is 69.7 Å². The molecule has 0 bridgehead atoms. The van der Waals surface area contributed by atoms with Crippen LogP contribution in [0.3, 0.4) is 0 Å². The molecule has 0 spiro atoms. The van der Waals surface area contributed by atoms with Crippen molar-refractivity contribution in [2.24, 2.45) is 22.2 Å². The maximum Gasteiger partial charge on any atom is 0.191 e. The van der Waals surface area contributed by atoms with Crippen LogP contribution in [0.5, 0.6) is 0 Å². The van der Waals surface area contributed by atoms with Crippen LogP contribution in [0.4, 0.5) is 0 Å². The van der Waals surface area contributed by atoms with Crippen molar-refractivity contribution in [3.63, 3.8) is 0 Å². The van der Waals surface area contributed by atoms with Crippen LogP contribution in [-0.4, -0.2) is 63.3 Å². The molecule has 2 fully saturated rings. The van der Waals surface area contributed by atoms with Gasteiger partial charge in [0, 0.05) is 45.9 Å². The number of hydrogen-bond donors (Lipinski definition) is 2. The number of aliphatic imine (C=N–C) groups is 1. The molecule has 2 N–H and O–H groups in total. The first-order chi connectivity index (χ1) is 13.6. The van der Waals surface area contributed by atoms with Gasteiger partial charge in [0.2, 0.25) is 0 Å². The number of likely N-dealkylation sites (tertiary alicyclic amines) is 1. The van der Waals surface area contributed by atoms with Crippen LogP contribution in [0, 0.1) is 17.3 Å². The summed E-state index contributed by atoms with van der Waals surface area (Å²) < 4.78 is 5.65. The molecule has 2 rings (SSSR count). The summed E-state index contributed by atoms with van der Waals surface area (Å²) in [6.07, 6.45) is 9.10. The highest BCUT2D eigenvalue weighted by atomic mass is 16.5. The van der Waals surface area contributed by atoms with E-state index in [2.05, 4.69) is 43.2 Å². The summed E-state index contributed by atoms with van der Waals surface area (Å²) in [6, 6.07) is 0. The Kier molecular flexibility index (Phi) is 10.6. The van der Waals surface area contributed by atoms with E-state index in [1.54, 1.807) is 0 Å². The Hall–Kier alpha value is -0.810. The summed E-state index contributed by atoms with van der Waals surface area (Å²) >= 11 is 0. The lowest BCUT2D eigenvalue weighted by atomic mass is 9.83. The van der Waals surface area contributed by atoms with Gasteiger partial charge in [0.1, 0.15) is 0 Å². The summed E-state index contributed by atoms with van der Waals surface area (Å²) in [7, 11) is 0. The molecule has 1 atom stereocenters. The summed E-state index contributed by atoms with van der Waals surface area (Å²) in [6.45, 7) is 17.2.